The fourth-order valence-electron chi connectivity index (χ4n) is 1.79. The number of benzene rings is 1. The molecule has 2 rings (SSSR count). The van der Waals surface area contributed by atoms with E-state index in [4.69, 9.17) is 0 Å². The van der Waals surface area contributed by atoms with Crippen molar-refractivity contribution >= 4 is 21.5 Å². The summed E-state index contributed by atoms with van der Waals surface area (Å²) in [7, 11) is 0. The summed E-state index contributed by atoms with van der Waals surface area (Å²) in [6.45, 7) is 3.95. The van der Waals surface area contributed by atoms with Gasteiger partial charge < -0.3 is 0 Å². The highest BCUT2D eigenvalue weighted by molar-refractivity contribution is 9.10. The highest BCUT2D eigenvalue weighted by Gasteiger charge is 2.16. The van der Waals surface area contributed by atoms with Crippen molar-refractivity contribution in [2.45, 2.75) is 19.3 Å². The van der Waals surface area contributed by atoms with E-state index in [0.717, 1.165) is 40.4 Å². The van der Waals surface area contributed by atoms with E-state index in [1.54, 1.807) is 0 Å². The molecule has 0 atom stereocenters. The first kappa shape index (κ1) is 8.95. The maximum atomic E-state index is 13.4. The van der Waals surface area contributed by atoms with Crippen molar-refractivity contribution in [1.82, 2.24) is 0 Å². The van der Waals surface area contributed by atoms with Gasteiger partial charge in [0.25, 0.3) is 0 Å². The predicted octanol–water partition coefficient (Wildman–Crippen LogP) is 3.94. The number of allylic oxidation sites excluding steroid dienone is 1. The van der Waals surface area contributed by atoms with Crippen LogP contribution in [0.5, 0.6) is 0 Å². The lowest BCUT2D eigenvalue weighted by atomic mass is 9.88. The molecule has 2 heteroatoms. The van der Waals surface area contributed by atoms with Crippen LogP contribution in [0.4, 0.5) is 4.39 Å². The summed E-state index contributed by atoms with van der Waals surface area (Å²) in [5.41, 5.74) is 2.89. The van der Waals surface area contributed by atoms with Crippen molar-refractivity contribution in [3.05, 3.63) is 40.1 Å². The van der Waals surface area contributed by atoms with E-state index < -0.39 is 0 Å². The quantitative estimate of drug-likeness (QED) is 0.645. The molecule has 0 nitrogen and oxygen atoms in total. The summed E-state index contributed by atoms with van der Waals surface area (Å²) in [5.74, 6) is -0.106. The minimum absolute atomic E-state index is 0.106. The number of halogens is 2. The average molecular weight is 241 g/mol. The first-order chi connectivity index (χ1) is 6.18. The lowest BCUT2D eigenvalue weighted by Crippen LogP contribution is -2.03. The van der Waals surface area contributed by atoms with Crippen LogP contribution in [-0.2, 0) is 6.42 Å². The molecule has 1 aliphatic carbocycles. The summed E-state index contributed by atoms with van der Waals surface area (Å²) in [4.78, 5) is 0. The molecule has 0 N–H and O–H groups in total. The third-order valence-electron chi connectivity index (χ3n) is 2.45. The molecule has 13 heavy (non-hydrogen) atoms. The minimum atomic E-state index is -0.106. The van der Waals surface area contributed by atoms with Crippen LogP contribution in [-0.4, -0.2) is 0 Å². The number of rotatable bonds is 0. The molecule has 1 aromatic rings. The smallest absolute Gasteiger partial charge is 0.128 e. The first-order valence-corrected chi connectivity index (χ1v) is 5.14. The van der Waals surface area contributed by atoms with Crippen LogP contribution >= 0.6 is 15.9 Å². The van der Waals surface area contributed by atoms with Crippen LogP contribution in [0.3, 0.4) is 0 Å². The largest absolute Gasteiger partial charge is 0.207 e. The molecular weight excluding hydrogens is 231 g/mol. The maximum absolute atomic E-state index is 13.4. The molecule has 0 radical (unpaired) electrons. The molecule has 0 spiro atoms. The van der Waals surface area contributed by atoms with Crippen molar-refractivity contribution in [3.63, 3.8) is 0 Å². The van der Waals surface area contributed by atoms with E-state index >= 15 is 0 Å². The molecule has 0 heterocycles. The van der Waals surface area contributed by atoms with Gasteiger partial charge in [0.1, 0.15) is 5.82 Å². The lowest BCUT2D eigenvalue weighted by molar-refractivity contribution is 0.599. The van der Waals surface area contributed by atoms with Crippen LogP contribution in [0.15, 0.2) is 23.2 Å². The normalized spacial score (nSPS) is 15.7. The van der Waals surface area contributed by atoms with Crippen LogP contribution in [0.1, 0.15) is 24.0 Å². The topological polar surface area (TPSA) is 0 Å². The Bertz CT molecular complexity index is 369. The average Bonchev–Trinajstić information content (AvgIpc) is 2.07. The predicted molar refractivity (Wildman–Crippen MR) is 56.1 cm³/mol. The maximum Gasteiger partial charge on any atom is 0.128 e. The second kappa shape index (κ2) is 3.26. The Labute approximate surface area is 85.6 Å². The minimum Gasteiger partial charge on any atom is -0.207 e. The molecule has 0 fully saturated rings. The van der Waals surface area contributed by atoms with Crippen LogP contribution in [0, 0.1) is 5.82 Å². The summed E-state index contributed by atoms with van der Waals surface area (Å²) in [5, 5.41) is 0. The molecule has 0 saturated carbocycles. The SMILES string of the molecule is C=C1CCCc2c(F)cc(Br)cc21. The van der Waals surface area contributed by atoms with Gasteiger partial charge in [0, 0.05) is 4.47 Å². The van der Waals surface area contributed by atoms with E-state index in [1.807, 2.05) is 6.07 Å². The highest BCUT2D eigenvalue weighted by atomic mass is 79.9. The van der Waals surface area contributed by atoms with Crippen molar-refractivity contribution in [2.24, 2.45) is 0 Å². The van der Waals surface area contributed by atoms with E-state index in [9.17, 15) is 4.39 Å². The van der Waals surface area contributed by atoms with Gasteiger partial charge in [-0.2, -0.15) is 0 Å². The summed E-state index contributed by atoms with van der Waals surface area (Å²) < 4.78 is 14.2. The Kier molecular flexibility index (Phi) is 2.24. The second-order valence-corrected chi connectivity index (χ2v) is 4.29. The fourth-order valence-corrected chi connectivity index (χ4v) is 2.22. The van der Waals surface area contributed by atoms with Crippen LogP contribution in [0.2, 0.25) is 0 Å². The molecule has 1 aromatic carbocycles. The van der Waals surface area contributed by atoms with Gasteiger partial charge in [0.2, 0.25) is 0 Å². The zero-order valence-corrected chi connectivity index (χ0v) is 8.83. The molecule has 0 aromatic heterocycles. The second-order valence-electron chi connectivity index (χ2n) is 3.37. The van der Waals surface area contributed by atoms with Crippen molar-refractivity contribution < 1.29 is 4.39 Å². The number of hydrogen-bond acceptors (Lipinski definition) is 0. The monoisotopic (exact) mass is 240 g/mol. The molecule has 68 valence electrons. The molecule has 0 bridgehead atoms. The fraction of sp³-hybridized carbons (Fsp3) is 0.273. The molecular formula is C11H10BrF. The molecule has 1 aliphatic rings. The Morgan fingerprint density at radius 3 is 2.85 bits per heavy atom. The number of hydrogen-bond donors (Lipinski definition) is 0. The van der Waals surface area contributed by atoms with Crippen molar-refractivity contribution in [1.29, 1.82) is 0 Å². The summed E-state index contributed by atoms with van der Waals surface area (Å²) in [6, 6.07) is 3.48. The van der Waals surface area contributed by atoms with Gasteiger partial charge in [-0.15, -0.1) is 0 Å². The van der Waals surface area contributed by atoms with Gasteiger partial charge >= 0.3 is 0 Å². The molecule has 0 aliphatic heterocycles. The Morgan fingerprint density at radius 1 is 1.31 bits per heavy atom. The third kappa shape index (κ3) is 1.55. The van der Waals surface area contributed by atoms with E-state index in [2.05, 4.69) is 22.5 Å². The van der Waals surface area contributed by atoms with Crippen LogP contribution in [0.25, 0.3) is 5.57 Å². The van der Waals surface area contributed by atoms with Gasteiger partial charge in [-0.1, -0.05) is 22.5 Å². The van der Waals surface area contributed by atoms with Gasteiger partial charge in [0.15, 0.2) is 0 Å². The van der Waals surface area contributed by atoms with E-state index in [1.165, 1.54) is 6.07 Å². The van der Waals surface area contributed by atoms with Gasteiger partial charge in [-0.3, -0.25) is 0 Å². The molecule has 0 amide bonds. The van der Waals surface area contributed by atoms with Gasteiger partial charge in [-0.25, -0.2) is 4.39 Å². The van der Waals surface area contributed by atoms with Crippen molar-refractivity contribution in [2.75, 3.05) is 0 Å². The van der Waals surface area contributed by atoms with Gasteiger partial charge in [-0.05, 0) is 48.1 Å². The highest BCUT2D eigenvalue weighted by Crippen LogP contribution is 2.33. The standard InChI is InChI=1S/C11H10BrF/c1-7-3-2-4-9-10(7)5-8(12)6-11(9)13/h5-6H,1-4H2. The zero-order chi connectivity index (χ0) is 9.42. The van der Waals surface area contributed by atoms with E-state index in [-0.39, 0.29) is 5.82 Å². The first-order valence-electron chi connectivity index (χ1n) is 4.34. The lowest BCUT2D eigenvalue weighted by Gasteiger charge is -2.18. The summed E-state index contributed by atoms with van der Waals surface area (Å²) >= 11 is 3.29. The molecule has 0 saturated heterocycles. The van der Waals surface area contributed by atoms with Crippen molar-refractivity contribution in [3.8, 4) is 0 Å². The third-order valence-corrected chi connectivity index (χ3v) is 2.90. The molecule has 0 unspecified atom stereocenters. The number of fused-ring (bicyclic) bond motifs is 1. The summed E-state index contributed by atoms with van der Waals surface area (Å²) in [6.07, 6.45) is 2.85. The van der Waals surface area contributed by atoms with E-state index in [0.29, 0.717) is 0 Å². The Hall–Kier alpha value is -0.630. The Morgan fingerprint density at radius 2 is 2.08 bits per heavy atom. The van der Waals surface area contributed by atoms with Crippen LogP contribution < -0.4 is 0 Å². The Balaban J connectivity index is 2.63. The zero-order valence-electron chi connectivity index (χ0n) is 7.24. The van der Waals surface area contributed by atoms with Gasteiger partial charge in [0.05, 0.1) is 0 Å².